The molecule has 3 aromatic carbocycles. The molecular weight excluding hydrogens is 274 g/mol. The van der Waals surface area contributed by atoms with Crippen LogP contribution in [0.3, 0.4) is 0 Å². The van der Waals surface area contributed by atoms with Crippen LogP contribution in [-0.2, 0) is 6.42 Å². The molecule has 3 nitrogen and oxygen atoms in total. The van der Waals surface area contributed by atoms with E-state index in [-0.39, 0.29) is 5.75 Å². The number of aromatic hydroxyl groups is 1. The van der Waals surface area contributed by atoms with Crippen molar-refractivity contribution >= 4 is 5.69 Å². The fourth-order valence-electron chi connectivity index (χ4n) is 2.20. The van der Waals surface area contributed by atoms with Gasteiger partial charge in [-0.2, -0.15) is 0 Å². The Kier molecular flexibility index (Phi) is 3.97. The average molecular weight is 291 g/mol. The van der Waals surface area contributed by atoms with Crippen molar-refractivity contribution in [1.82, 2.24) is 0 Å². The zero-order valence-electron chi connectivity index (χ0n) is 12.1. The number of hydrogen-bond acceptors (Lipinski definition) is 3. The van der Waals surface area contributed by atoms with Crippen molar-refractivity contribution in [2.75, 3.05) is 5.73 Å². The second kappa shape index (κ2) is 6.22. The molecular formula is C19H17NO2. The molecule has 0 unspecified atom stereocenters. The summed E-state index contributed by atoms with van der Waals surface area (Å²) in [6, 6.07) is 22.6. The molecule has 3 aromatic rings. The number of hydrogen-bond donors (Lipinski definition) is 2. The summed E-state index contributed by atoms with van der Waals surface area (Å²) in [6.45, 7) is 0. The third-order valence-corrected chi connectivity index (χ3v) is 3.38. The van der Waals surface area contributed by atoms with Gasteiger partial charge < -0.3 is 15.6 Å². The molecule has 0 aliphatic carbocycles. The van der Waals surface area contributed by atoms with Gasteiger partial charge in [0.2, 0.25) is 0 Å². The van der Waals surface area contributed by atoms with Gasteiger partial charge in [-0.3, -0.25) is 0 Å². The number of nitrogens with two attached hydrogens (primary N) is 1. The molecule has 3 rings (SSSR count). The minimum Gasteiger partial charge on any atom is -0.508 e. The molecule has 0 atom stereocenters. The molecule has 0 radical (unpaired) electrons. The van der Waals surface area contributed by atoms with Crippen LogP contribution in [-0.4, -0.2) is 5.11 Å². The number of phenolic OH excluding ortho intramolecular Hbond substituents is 1. The van der Waals surface area contributed by atoms with Crippen LogP contribution in [0.5, 0.6) is 17.2 Å². The quantitative estimate of drug-likeness (QED) is 0.702. The number of nitrogen functional groups attached to an aromatic ring is 1. The third kappa shape index (κ3) is 3.58. The van der Waals surface area contributed by atoms with Crippen molar-refractivity contribution in [3.63, 3.8) is 0 Å². The highest BCUT2D eigenvalue weighted by Gasteiger charge is 2.00. The molecule has 0 amide bonds. The van der Waals surface area contributed by atoms with Gasteiger partial charge in [0.1, 0.15) is 17.2 Å². The van der Waals surface area contributed by atoms with E-state index in [1.807, 2.05) is 60.7 Å². The fraction of sp³-hybridized carbons (Fsp3) is 0.0526. The lowest BCUT2D eigenvalue weighted by Crippen LogP contribution is -1.89. The highest BCUT2D eigenvalue weighted by molar-refractivity contribution is 5.43. The number of anilines is 1. The minimum atomic E-state index is 0.288. The average Bonchev–Trinajstić information content (AvgIpc) is 2.54. The minimum absolute atomic E-state index is 0.288. The summed E-state index contributed by atoms with van der Waals surface area (Å²) in [5.74, 6) is 1.84. The Hall–Kier alpha value is -2.94. The predicted octanol–water partition coefficient (Wildman–Crippen LogP) is 4.36. The van der Waals surface area contributed by atoms with Crippen molar-refractivity contribution in [2.24, 2.45) is 0 Å². The topological polar surface area (TPSA) is 55.5 Å². The van der Waals surface area contributed by atoms with Crippen molar-refractivity contribution in [1.29, 1.82) is 0 Å². The van der Waals surface area contributed by atoms with E-state index < -0.39 is 0 Å². The summed E-state index contributed by atoms with van der Waals surface area (Å²) in [5.41, 5.74) is 8.72. The monoisotopic (exact) mass is 291 g/mol. The van der Waals surface area contributed by atoms with Gasteiger partial charge in [-0.25, -0.2) is 0 Å². The highest BCUT2D eigenvalue weighted by atomic mass is 16.5. The predicted molar refractivity (Wildman–Crippen MR) is 88.3 cm³/mol. The molecule has 0 spiro atoms. The SMILES string of the molecule is Nc1ccc(Oc2ccc(Cc3ccc(O)cc3)cc2)cc1. The summed E-state index contributed by atoms with van der Waals surface area (Å²) in [4.78, 5) is 0. The standard InChI is InChI=1S/C19H17NO2/c20-16-5-11-19(12-6-16)22-18-9-3-15(4-10-18)13-14-1-7-17(21)8-2-14/h1-12,21H,13,20H2. The lowest BCUT2D eigenvalue weighted by atomic mass is 10.0. The molecule has 0 bridgehead atoms. The number of phenols is 1. The Bertz CT molecular complexity index is 665. The van der Waals surface area contributed by atoms with E-state index in [0.717, 1.165) is 29.2 Å². The number of benzene rings is 3. The normalized spacial score (nSPS) is 10.4. The van der Waals surface area contributed by atoms with E-state index >= 15 is 0 Å². The molecule has 0 aliphatic rings. The van der Waals surface area contributed by atoms with Gasteiger partial charge in [0.25, 0.3) is 0 Å². The number of rotatable bonds is 4. The molecule has 0 heterocycles. The van der Waals surface area contributed by atoms with Crippen molar-refractivity contribution in [3.05, 3.63) is 83.9 Å². The van der Waals surface area contributed by atoms with Crippen LogP contribution < -0.4 is 10.5 Å². The van der Waals surface area contributed by atoms with E-state index in [1.54, 1.807) is 12.1 Å². The maximum absolute atomic E-state index is 9.29. The van der Waals surface area contributed by atoms with Gasteiger partial charge in [0, 0.05) is 5.69 Å². The molecule has 22 heavy (non-hydrogen) atoms. The number of ether oxygens (including phenoxy) is 1. The molecule has 0 aliphatic heterocycles. The van der Waals surface area contributed by atoms with Crippen LogP contribution in [0.4, 0.5) is 5.69 Å². The van der Waals surface area contributed by atoms with Crippen molar-refractivity contribution < 1.29 is 9.84 Å². The zero-order valence-corrected chi connectivity index (χ0v) is 12.1. The smallest absolute Gasteiger partial charge is 0.127 e. The van der Waals surface area contributed by atoms with E-state index in [9.17, 15) is 5.11 Å². The first kappa shape index (κ1) is 14.0. The summed E-state index contributed by atoms with van der Waals surface area (Å²) < 4.78 is 5.77. The van der Waals surface area contributed by atoms with Gasteiger partial charge in [-0.05, 0) is 66.1 Å². The molecule has 0 aromatic heterocycles. The Labute approximate surface area is 129 Å². The van der Waals surface area contributed by atoms with Crippen LogP contribution >= 0.6 is 0 Å². The van der Waals surface area contributed by atoms with E-state index in [2.05, 4.69) is 0 Å². The van der Waals surface area contributed by atoms with Crippen LogP contribution in [0.2, 0.25) is 0 Å². The van der Waals surface area contributed by atoms with Gasteiger partial charge in [-0.15, -0.1) is 0 Å². The van der Waals surface area contributed by atoms with Crippen molar-refractivity contribution in [3.8, 4) is 17.2 Å². The third-order valence-electron chi connectivity index (χ3n) is 3.38. The van der Waals surface area contributed by atoms with E-state index in [4.69, 9.17) is 10.5 Å². The maximum Gasteiger partial charge on any atom is 0.127 e. The molecule has 0 saturated heterocycles. The summed E-state index contributed by atoms with van der Waals surface area (Å²) in [6.07, 6.45) is 0.822. The summed E-state index contributed by atoms with van der Waals surface area (Å²) in [7, 11) is 0. The van der Waals surface area contributed by atoms with Crippen LogP contribution in [0, 0.1) is 0 Å². The Morgan fingerprint density at radius 1 is 0.682 bits per heavy atom. The van der Waals surface area contributed by atoms with Crippen LogP contribution in [0.15, 0.2) is 72.8 Å². The van der Waals surface area contributed by atoms with Crippen LogP contribution in [0.25, 0.3) is 0 Å². The first-order valence-electron chi connectivity index (χ1n) is 7.09. The van der Waals surface area contributed by atoms with Crippen molar-refractivity contribution in [2.45, 2.75) is 6.42 Å². The molecule has 0 fully saturated rings. The second-order valence-electron chi connectivity index (χ2n) is 5.16. The molecule has 0 saturated carbocycles. The first-order valence-corrected chi connectivity index (χ1v) is 7.09. The van der Waals surface area contributed by atoms with E-state index in [1.165, 1.54) is 5.56 Å². The van der Waals surface area contributed by atoms with Crippen LogP contribution in [0.1, 0.15) is 11.1 Å². The molecule has 110 valence electrons. The van der Waals surface area contributed by atoms with Gasteiger partial charge >= 0.3 is 0 Å². The summed E-state index contributed by atoms with van der Waals surface area (Å²) >= 11 is 0. The lowest BCUT2D eigenvalue weighted by molar-refractivity contribution is 0.475. The van der Waals surface area contributed by atoms with Gasteiger partial charge in [0.05, 0.1) is 0 Å². The van der Waals surface area contributed by atoms with Gasteiger partial charge in [0.15, 0.2) is 0 Å². The van der Waals surface area contributed by atoms with E-state index in [0.29, 0.717) is 0 Å². The zero-order chi connectivity index (χ0) is 15.4. The molecule has 3 N–H and O–H groups in total. The Morgan fingerprint density at radius 2 is 1.14 bits per heavy atom. The first-order chi connectivity index (χ1) is 10.7. The molecule has 3 heteroatoms. The second-order valence-corrected chi connectivity index (χ2v) is 5.16. The maximum atomic E-state index is 9.29. The highest BCUT2D eigenvalue weighted by Crippen LogP contribution is 2.23. The summed E-state index contributed by atoms with van der Waals surface area (Å²) in [5, 5.41) is 9.29. The largest absolute Gasteiger partial charge is 0.508 e. The Balaban J connectivity index is 1.67. The lowest BCUT2D eigenvalue weighted by Gasteiger charge is -2.07. The van der Waals surface area contributed by atoms with Gasteiger partial charge in [-0.1, -0.05) is 24.3 Å². The Morgan fingerprint density at radius 3 is 1.68 bits per heavy atom. The fourth-order valence-corrected chi connectivity index (χ4v) is 2.20.